The van der Waals surface area contributed by atoms with Crippen LogP contribution in [-0.4, -0.2) is 0 Å². The Bertz CT molecular complexity index is 1940. The predicted octanol–water partition coefficient (Wildman–Crippen LogP) is 9.18. The summed E-state index contributed by atoms with van der Waals surface area (Å²) in [5.74, 6) is 0. The van der Waals surface area contributed by atoms with E-state index in [9.17, 15) is 0 Å². The predicted molar refractivity (Wildman–Crippen MR) is 143 cm³/mol. The first-order valence-corrected chi connectivity index (χ1v) is 11.5. The van der Waals surface area contributed by atoms with Crippen LogP contribution in [0.15, 0.2) is 109 Å². The number of benzene rings is 7. The molecule has 1 heteroatoms. The normalized spacial score (nSPS) is 12.5. The molecule has 1 nitrogen and oxygen atoms in total. The van der Waals surface area contributed by atoms with Crippen LogP contribution in [0.4, 0.5) is 11.4 Å². The van der Waals surface area contributed by atoms with E-state index in [1.54, 1.807) is 0 Å². The van der Waals surface area contributed by atoms with Crippen molar-refractivity contribution in [2.24, 2.45) is 0 Å². The van der Waals surface area contributed by atoms with Crippen LogP contribution < -0.4 is 5.32 Å². The average Bonchev–Trinajstić information content (AvgIpc) is 2.88. The average molecular weight is 418 g/mol. The van der Waals surface area contributed by atoms with Crippen molar-refractivity contribution < 1.29 is 0 Å². The zero-order valence-electron chi connectivity index (χ0n) is 17.9. The molecule has 0 unspecified atom stereocenters. The van der Waals surface area contributed by atoms with Gasteiger partial charge in [-0.05, 0) is 72.7 Å². The van der Waals surface area contributed by atoms with Crippen LogP contribution in [0.25, 0.3) is 65.0 Å². The van der Waals surface area contributed by atoms with Crippen LogP contribution in [0.3, 0.4) is 0 Å². The van der Waals surface area contributed by atoms with Crippen molar-refractivity contribution in [3.05, 3.63) is 109 Å². The quantitative estimate of drug-likeness (QED) is 0.191. The minimum atomic E-state index is 1.18. The second-order valence-corrected chi connectivity index (χ2v) is 9.04. The molecule has 0 aliphatic carbocycles. The Labute approximate surface area is 190 Å². The zero-order valence-corrected chi connectivity index (χ0v) is 17.9. The summed E-state index contributed by atoms with van der Waals surface area (Å²) in [6.45, 7) is 0. The van der Waals surface area contributed by atoms with Crippen LogP contribution in [0.2, 0.25) is 0 Å². The summed E-state index contributed by atoms with van der Waals surface area (Å²) in [6.07, 6.45) is 0. The molecule has 1 aliphatic rings. The van der Waals surface area contributed by atoms with E-state index in [1.807, 2.05) is 0 Å². The fraction of sp³-hybridized carbons (Fsp3) is 0. The van der Waals surface area contributed by atoms with Gasteiger partial charge in [0.15, 0.2) is 0 Å². The van der Waals surface area contributed by atoms with Gasteiger partial charge in [0, 0.05) is 27.9 Å². The number of rotatable bonds is 0. The van der Waals surface area contributed by atoms with Crippen molar-refractivity contribution in [1.82, 2.24) is 0 Å². The largest absolute Gasteiger partial charge is 0.354 e. The Morgan fingerprint density at radius 3 is 1.70 bits per heavy atom. The Kier molecular flexibility index (Phi) is 3.19. The number of anilines is 2. The van der Waals surface area contributed by atoms with Gasteiger partial charge in [-0.15, -0.1) is 0 Å². The molecule has 152 valence electrons. The van der Waals surface area contributed by atoms with Crippen molar-refractivity contribution in [2.45, 2.75) is 0 Å². The summed E-state index contributed by atoms with van der Waals surface area (Å²) >= 11 is 0. The summed E-state index contributed by atoms with van der Waals surface area (Å²) in [5, 5.41) is 16.8. The van der Waals surface area contributed by atoms with E-state index in [4.69, 9.17) is 0 Å². The van der Waals surface area contributed by atoms with Crippen molar-refractivity contribution in [3.8, 4) is 11.1 Å². The van der Waals surface area contributed by atoms with Crippen LogP contribution in [0.1, 0.15) is 0 Å². The third kappa shape index (κ3) is 2.21. The second-order valence-electron chi connectivity index (χ2n) is 9.04. The molecule has 0 bridgehead atoms. The van der Waals surface area contributed by atoms with Crippen LogP contribution in [0, 0.1) is 0 Å². The highest BCUT2D eigenvalue weighted by molar-refractivity contribution is 6.29. The maximum Gasteiger partial charge on any atom is 0.0471 e. The highest BCUT2D eigenvalue weighted by Gasteiger charge is 2.22. The van der Waals surface area contributed by atoms with E-state index >= 15 is 0 Å². The Morgan fingerprint density at radius 2 is 0.970 bits per heavy atom. The van der Waals surface area contributed by atoms with Gasteiger partial charge in [0.25, 0.3) is 0 Å². The fourth-order valence-electron chi connectivity index (χ4n) is 5.91. The van der Waals surface area contributed by atoms with Gasteiger partial charge < -0.3 is 5.32 Å². The van der Waals surface area contributed by atoms with Gasteiger partial charge in [0.1, 0.15) is 0 Å². The van der Waals surface area contributed by atoms with Crippen molar-refractivity contribution in [1.29, 1.82) is 0 Å². The summed E-state index contributed by atoms with van der Waals surface area (Å²) in [6, 6.07) is 40.0. The van der Waals surface area contributed by atoms with Gasteiger partial charge >= 0.3 is 0 Å². The fourth-order valence-corrected chi connectivity index (χ4v) is 5.91. The molecule has 7 aromatic carbocycles. The molecule has 0 spiro atoms. The van der Waals surface area contributed by atoms with E-state index in [0.717, 1.165) is 0 Å². The molecule has 0 saturated carbocycles. The Balaban J connectivity index is 1.62. The molecule has 1 aliphatic heterocycles. The maximum atomic E-state index is 3.77. The molecule has 8 rings (SSSR count). The number of hydrogen-bond acceptors (Lipinski definition) is 1. The van der Waals surface area contributed by atoms with Gasteiger partial charge in [-0.25, -0.2) is 0 Å². The molecule has 0 atom stereocenters. The summed E-state index contributed by atoms with van der Waals surface area (Å²) in [7, 11) is 0. The third-order valence-corrected chi connectivity index (χ3v) is 7.31. The van der Waals surface area contributed by atoms with E-state index < -0.39 is 0 Å². The van der Waals surface area contributed by atoms with Gasteiger partial charge in [-0.1, -0.05) is 84.9 Å². The molecule has 0 saturated heterocycles. The van der Waals surface area contributed by atoms with Gasteiger partial charge in [0.05, 0.1) is 0 Å². The van der Waals surface area contributed by atoms with Crippen LogP contribution in [-0.2, 0) is 0 Å². The topological polar surface area (TPSA) is 12.0 Å². The van der Waals surface area contributed by atoms with E-state index in [1.165, 1.54) is 76.4 Å². The molecule has 7 aromatic rings. The van der Waals surface area contributed by atoms with Gasteiger partial charge in [0.2, 0.25) is 0 Å². The Hall–Kier alpha value is -4.36. The monoisotopic (exact) mass is 417 g/mol. The van der Waals surface area contributed by atoms with Crippen molar-refractivity contribution in [2.75, 3.05) is 5.32 Å². The second kappa shape index (κ2) is 6.11. The van der Waals surface area contributed by atoms with Gasteiger partial charge in [-0.2, -0.15) is 0 Å². The van der Waals surface area contributed by atoms with Crippen LogP contribution >= 0.6 is 0 Å². The van der Waals surface area contributed by atoms with Crippen molar-refractivity contribution in [3.63, 3.8) is 0 Å². The standard InChI is InChI=1S/C32H19N/c1-2-10-21-19(8-1)16-20-9-7-15-29-31(20)32(21)28-17-26-24-13-5-3-11-22(24)23-12-4-6-14-25(23)27(26)18-30(28)33-29/h1-18,33H. The molecule has 0 aromatic heterocycles. The Morgan fingerprint density at radius 1 is 0.394 bits per heavy atom. The number of hydrogen-bond donors (Lipinski definition) is 1. The molecule has 33 heavy (non-hydrogen) atoms. The minimum Gasteiger partial charge on any atom is -0.354 e. The molecular weight excluding hydrogens is 398 g/mol. The lowest BCUT2D eigenvalue weighted by Gasteiger charge is -2.25. The maximum absolute atomic E-state index is 3.77. The highest BCUT2D eigenvalue weighted by Crippen LogP contribution is 2.49. The zero-order chi connectivity index (χ0) is 21.5. The number of nitrogens with one attached hydrogen (secondary N) is 1. The summed E-state index contributed by atoms with van der Waals surface area (Å²) in [4.78, 5) is 0. The summed E-state index contributed by atoms with van der Waals surface area (Å²) < 4.78 is 0. The first-order chi connectivity index (χ1) is 16.4. The minimum absolute atomic E-state index is 1.18. The molecular formula is C32H19N. The van der Waals surface area contributed by atoms with E-state index in [2.05, 4.69) is 115 Å². The van der Waals surface area contributed by atoms with Crippen molar-refractivity contribution >= 4 is 65.2 Å². The first kappa shape index (κ1) is 17.2. The lowest BCUT2D eigenvalue weighted by molar-refractivity contribution is 1.57. The highest BCUT2D eigenvalue weighted by atomic mass is 14.9. The molecule has 1 N–H and O–H groups in total. The smallest absolute Gasteiger partial charge is 0.0471 e. The number of fused-ring (bicyclic) bond motifs is 10. The van der Waals surface area contributed by atoms with Gasteiger partial charge in [-0.3, -0.25) is 0 Å². The SMILES string of the molecule is c1ccc2c3c4c(cccc4cc2c1)Nc1cc2c4ccccc4c4ccccc4c2cc1-3. The molecule has 0 radical (unpaired) electrons. The van der Waals surface area contributed by atoms with Crippen LogP contribution in [0.5, 0.6) is 0 Å². The lowest BCUT2D eigenvalue weighted by Crippen LogP contribution is -2.02. The molecule has 1 heterocycles. The first-order valence-electron chi connectivity index (χ1n) is 11.5. The third-order valence-electron chi connectivity index (χ3n) is 7.31. The molecule has 0 amide bonds. The molecule has 0 fully saturated rings. The van der Waals surface area contributed by atoms with E-state index in [0.29, 0.717) is 0 Å². The lowest BCUT2D eigenvalue weighted by atomic mass is 9.85. The summed E-state index contributed by atoms with van der Waals surface area (Å²) in [5.41, 5.74) is 4.99. The van der Waals surface area contributed by atoms with E-state index in [-0.39, 0.29) is 0 Å².